The van der Waals surface area contributed by atoms with Gasteiger partial charge in [-0.2, -0.15) is 0 Å². The van der Waals surface area contributed by atoms with E-state index in [0.29, 0.717) is 17.3 Å². The number of aliphatic hydroxyl groups excluding tert-OH is 1. The van der Waals surface area contributed by atoms with Gasteiger partial charge in [-0.1, -0.05) is 48.0 Å². The molecule has 0 aliphatic rings. The Labute approximate surface area is 96.3 Å². The summed E-state index contributed by atoms with van der Waals surface area (Å²) in [5, 5.41) is 9.92. The number of hydrogen-bond acceptors (Lipinski definition) is 1. The van der Waals surface area contributed by atoms with Gasteiger partial charge in [0.1, 0.15) is 0 Å². The Morgan fingerprint density at radius 1 is 1.00 bits per heavy atom. The molecule has 0 heterocycles. The van der Waals surface area contributed by atoms with E-state index in [1.807, 2.05) is 0 Å². The minimum absolute atomic E-state index is 0.0997. The minimum Gasteiger partial charge on any atom is -0.393 e. The maximum Gasteiger partial charge on any atom is 0.0545 e. The van der Waals surface area contributed by atoms with Crippen LogP contribution >= 0.6 is 0 Å². The average molecular weight is 214 g/mol. The van der Waals surface area contributed by atoms with Gasteiger partial charge >= 0.3 is 0 Å². The summed E-state index contributed by atoms with van der Waals surface area (Å²) in [5.74, 6) is 1.28. The van der Waals surface area contributed by atoms with Gasteiger partial charge in [-0.3, -0.25) is 0 Å². The Morgan fingerprint density at radius 3 is 1.87 bits per heavy atom. The highest BCUT2D eigenvalue weighted by molar-refractivity contribution is 4.70. The van der Waals surface area contributed by atoms with Crippen molar-refractivity contribution in [1.82, 2.24) is 0 Å². The Bertz CT molecular complexity index is 157. The van der Waals surface area contributed by atoms with Crippen LogP contribution in [-0.2, 0) is 0 Å². The highest BCUT2D eigenvalue weighted by Crippen LogP contribution is 2.27. The first-order valence-electron chi connectivity index (χ1n) is 6.42. The van der Waals surface area contributed by atoms with E-state index in [-0.39, 0.29) is 6.10 Å². The van der Waals surface area contributed by atoms with Crippen LogP contribution < -0.4 is 0 Å². The van der Waals surface area contributed by atoms with E-state index in [9.17, 15) is 5.11 Å². The van der Waals surface area contributed by atoms with Crippen LogP contribution in [0.25, 0.3) is 0 Å². The van der Waals surface area contributed by atoms with E-state index in [2.05, 4.69) is 41.5 Å². The number of rotatable bonds is 6. The number of hydrogen-bond donors (Lipinski definition) is 1. The zero-order chi connectivity index (χ0) is 12.1. The molecule has 0 bridgehead atoms. The zero-order valence-corrected chi connectivity index (χ0v) is 11.5. The van der Waals surface area contributed by atoms with E-state index in [1.54, 1.807) is 0 Å². The fourth-order valence-electron chi connectivity index (χ4n) is 2.32. The van der Waals surface area contributed by atoms with Crippen molar-refractivity contribution in [3.63, 3.8) is 0 Å². The molecule has 1 N–H and O–H groups in total. The Morgan fingerprint density at radius 2 is 1.47 bits per heavy atom. The van der Waals surface area contributed by atoms with Crippen molar-refractivity contribution < 1.29 is 5.11 Å². The molecule has 0 saturated carbocycles. The average Bonchev–Trinajstić information content (AvgIpc) is 1.99. The molecule has 1 heteroatoms. The van der Waals surface area contributed by atoms with Gasteiger partial charge in [0.2, 0.25) is 0 Å². The second-order valence-electron chi connectivity index (χ2n) is 6.51. The molecule has 0 radical (unpaired) electrons. The first-order chi connectivity index (χ1) is 6.74. The van der Waals surface area contributed by atoms with E-state index >= 15 is 0 Å². The van der Waals surface area contributed by atoms with Crippen LogP contribution in [0.1, 0.15) is 67.2 Å². The third kappa shape index (κ3) is 8.92. The summed E-state index contributed by atoms with van der Waals surface area (Å²) in [6.07, 6.45) is 4.19. The Hall–Kier alpha value is -0.0400. The van der Waals surface area contributed by atoms with Crippen LogP contribution in [0, 0.1) is 17.3 Å². The van der Waals surface area contributed by atoms with Crippen molar-refractivity contribution in [3.05, 3.63) is 0 Å². The molecule has 0 aliphatic heterocycles. The van der Waals surface area contributed by atoms with E-state index in [0.717, 1.165) is 12.8 Å². The topological polar surface area (TPSA) is 20.2 Å². The lowest BCUT2D eigenvalue weighted by atomic mass is 9.82. The molecule has 1 nitrogen and oxygen atoms in total. The fraction of sp³-hybridized carbons (Fsp3) is 1.00. The van der Waals surface area contributed by atoms with Crippen LogP contribution in [0.15, 0.2) is 0 Å². The SMILES string of the molecule is CCC(C)CC(O)CC(C)CC(C)(C)C. The molecule has 15 heavy (non-hydrogen) atoms. The summed E-state index contributed by atoms with van der Waals surface area (Å²) in [4.78, 5) is 0. The summed E-state index contributed by atoms with van der Waals surface area (Å²) in [6.45, 7) is 13.5. The summed E-state index contributed by atoms with van der Waals surface area (Å²) in [6, 6.07) is 0. The largest absolute Gasteiger partial charge is 0.393 e. The molecule has 0 fully saturated rings. The fourth-order valence-corrected chi connectivity index (χ4v) is 2.32. The van der Waals surface area contributed by atoms with Crippen molar-refractivity contribution >= 4 is 0 Å². The van der Waals surface area contributed by atoms with Crippen LogP contribution in [0.2, 0.25) is 0 Å². The van der Waals surface area contributed by atoms with Gasteiger partial charge in [-0.15, -0.1) is 0 Å². The van der Waals surface area contributed by atoms with Gasteiger partial charge in [0.05, 0.1) is 6.10 Å². The molecule has 0 aromatic carbocycles. The molecule has 0 aromatic heterocycles. The quantitative estimate of drug-likeness (QED) is 0.701. The van der Waals surface area contributed by atoms with Gasteiger partial charge in [0.25, 0.3) is 0 Å². The maximum absolute atomic E-state index is 9.92. The molecule has 0 spiro atoms. The first kappa shape index (κ1) is 15.0. The van der Waals surface area contributed by atoms with E-state index in [4.69, 9.17) is 0 Å². The highest BCUT2D eigenvalue weighted by Gasteiger charge is 2.18. The molecule has 0 saturated heterocycles. The van der Waals surface area contributed by atoms with E-state index in [1.165, 1.54) is 12.8 Å². The summed E-state index contributed by atoms with van der Waals surface area (Å²) in [5.41, 5.74) is 0.384. The molecule has 0 aliphatic carbocycles. The van der Waals surface area contributed by atoms with Crippen LogP contribution in [-0.4, -0.2) is 11.2 Å². The van der Waals surface area contributed by atoms with Crippen LogP contribution in [0.5, 0.6) is 0 Å². The van der Waals surface area contributed by atoms with Crippen LogP contribution in [0.3, 0.4) is 0 Å². The zero-order valence-electron chi connectivity index (χ0n) is 11.5. The van der Waals surface area contributed by atoms with Crippen molar-refractivity contribution in [2.45, 2.75) is 73.3 Å². The Balaban J connectivity index is 3.81. The molecule has 92 valence electrons. The highest BCUT2D eigenvalue weighted by atomic mass is 16.3. The summed E-state index contributed by atoms with van der Waals surface area (Å²) in [7, 11) is 0. The van der Waals surface area contributed by atoms with Gasteiger partial charge in [0, 0.05) is 0 Å². The van der Waals surface area contributed by atoms with Crippen LogP contribution in [0.4, 0.5) is 0 Å². The molecule has 0 aromatic rings. The number of aliphatic hydroxyl groups is 1. The van der Waals surface area contributed by atoms with Crippen molar-refractivity contribution in [2.24, 2.45) is 17.3 Å². The predicted molar refractivity (Wildman–Crippen MR) is 67.9 cm³/mol. The molecule has 0 rings (SSSR count). The van der Waals surface area contributed by atoms with Gasteiger partial charge < -0.3 is 5.11 Å². The van der Waals surface area contributed by atoms with E-state index < -0.39 is 0 Å². The summed E-state index contributed by atoms with van der Waals surface area (Å²) >= 11 is 0. The van der Waals surface area contributed by atoms with Crippen molar-refractivity contribution in [2.75, 3.05) is 0 Å². The van der Waals surface area contributed by atoms with Gasteiger partial charge in [-0.05, 0) is 36.5 Å². The van der Waals surface area contributed by atoms with Gasteiger partial charge in [0.15, 0.2) is 0 Å². The third-order valence-electron chi connectivity index (χ3n) is 3.01. The third-order valence-corrected chi connectivity index (χ3v) is 3.01. The normalized spacial score (nSPS) is 18.6. The smallest absolute Gasteiger partial charge is 0.0545 e. The summed E-state index contributed by atoms with van der Waals surface area (Å²) < 4.78 is 0. The maximum atomic E-state index is 9.92. The Kier molecular flexibility index (Phi) is 6.51. The molecule has 3 atom stereocenters. The lowest BCUT2D eigenvalue weighted by molar-refractivity contribution is 0.109. The van der Waals surface area contributed by atoms with Crippen molar-refractivity contribution in [1.29, 1.82) is 0 Å². The monoisotopic (exact) mass is 214 g/mol. The molecule has 0 amide bonds. The molecule has 3 unspecified atom stereocenters. The van der Waals surface area contributed by atoms with Crippen molar-refractivity contribution in [3.8, 4) is 0 Å². The second kappa shape index (κ2) is 6.52. The lowest BCUT2D eigenvalue weighted by Crippen LogP contribution is -2.18. The second-order valence-corrected chi connectivity index (χ2v) is 6.51. The lowest BCUT2D eigenvalue weighted by Gasteiger charge is -2.25. The molecular formula is C14H30O. The predicted octanol–water partition coefficient (Wildman–Crippen LogP) is 4.25. The first-order valence-corrected chi connectivity index (χ1v) is 6.42. The van der Waals surface area contributed by atoms with Gasteiger partial charge in [-0.25, -0.2) is 0 Å². The minimum atomic E-state index is -0.0997. The standard InChI is InChI=1S/C14H30O/c1-7-11(2)8-13(15)9-12(3)10-14(4,5)6/h11-13,15H,7-10H2,1-6H3. The molecular weight excluding hydrogens is 184 g/mol.